The van der Waals surface area contributed by atoms with E-state index in [2.05, 4.69) is 27.8 Å². The number of hydrogen-bond donors (Lipinski definition) is 0. The van der Waals surface area contributed by atoms with Gasteiger partial charge in [0.1, 0.15) is 0 Å². The van der Waals surface area contributed by atoms with Crippen LogP contribution in [-0.2, 0) is 0 Å². The Kier molecular flexibility index (Phi) is 4.08. The molecule has 0 radical (unpaired) electrons. The van der Waals surface area contributed by atoms with E-state index in [-0.39, 0.29) is 5.82 Å². The summed E-state index contributed by atoms with van der Waals surface area (Å²) in [4.78, 5) is 6.21. The fraction of sp³-hybridized carbons (Fsp3) is 0.545. The van der Waals surface area contributed by atoms with Crippen molar-refractivity contribution >= 4 is 33.5 Å². The van der Waals surface area contributed by atoms with E-state index < -0.39 is 0 Å². The molecule has 0 saturated carbocycles. The van der Waals surface area contributed by atoms with Gasteiger partial charge in [0.25, 0.3) is 0 Å². The molecule has 2 heterocycles. The Morgan fingerprint density at radius 2 is 2.50 bits per heavy atom. The first-order valence-corrected chi connectivity index (χ1v) is 7.22. The van der Waals surface area contributed by atoms with Gasteiger partial charge in [0.15, 0.2) is 11.6 Å². The van der Waals surface area contributed by atoms with Gasteiger partial charge in [-0.25, -0.2) is 9.37 Å². The summed E-state index contributed by atoms with van der Waals surface area (Å²) in [6, 6.07) is 1.48. The molecular weight excluding hydrogens is 291 g/mol. The molecule has 16 heavy (non-hydrogen) atoms. The van der Waals surface area contributed by atoms with Crippen LogP contribution in [0.5, 0.6) is 0 Å². The largest absolute Gasteiger partial charge is 0.352 e. The van der Waals surface area contributed by atoms with Crippen LogP contribution >= 0.6 is 27.7 Å². The number of anilines is 1. The van der Waals surface area contributed by atoms with E-state index in [0.717, 1.165) is 25.3 Å². The van der Waals surface area contributed by atoms with E-state index >= 15 is 0 Å². The molecule has 2 nitrogen and oxygen atoms in total. The van der Waals surface area contributed by atoms with E-state index in [9.17, 15) is 4.39 Å². The lowest BCUT2D eigenvalue weighted by molar-refractivity contribution is 0.603. The molecule has 1 saturated heterocycles. The average molecular weight is 305 g/mol. The van der Waals surface area contributed by atoms with Gasteiger partial charge in [-0.05, 0) is 28.4 Å². The number of hydrogen-bond acceptors (Lipinski definition) is 3. The second-order valence-corrected chi connectivity index (χ2v) is 6.13. The Morgan fingerprint density at radius 1 is 1.69 bits per heavy atom. The Hall–Kier alpha value is -0.290. The minimum absolute atomic E-state index is 0.240. The number of nitrogens with zero attached hydrogens (tertiary/aromatic N) is 2. The zero-order valence-electron chi connectivity index (χ0n) is 9.12. The van der Waals surface area contributed by atoms with Gasteiger partial charge in [0, 0.05) is 34.8 Å². The summed E-state index contributed by atoms with van der Waals surface area (Å²) in [5.74, 6) is 1.30. The minimum Gasteiger partial charge on any atom is -0.352 e. The molecule has 1 atom stereocenters. The van der Waals surface area contributed by atoms with E-state index in [1.807, 2.05) is 16.7 Å². The zero-order chi connectivity index (χ0) is 11.5. The second kappa shape index (κ2) is 5.36. The Labute approximate surface area is 108 Å². The maximum Gasteiger partial charge on any atom is 0.166 e. The molecule has 1 aliphatic rings. The molecule has 88 valence electrons. The predicted octanol–water partition coefficient (Wildman–Crippen LogP) is 3.32. The summed E-state index contributed by atoms with van der Waals surface area (Å²) in [6.07, 6.45) is 2.78. The summed E-state index contributed by atoms with van der Waals surface area (Å²) in [6.45, 7) is 3.95. The maximum absolute atomic E-state index is 13.7. The van der Waals surface area contributed by atoms with Crippen LogP contribution in [0.25, 0.3) is 0 Å². The van der Waals surface area contributed by atoms with Gasteiger partial charge in [-0.15, -0.1) is 0 Å². The van der Waals surface area contributed by atoms with Gasteiger partial charge < -0.3 is 4.90 Å². The number of aromatic nitrogens is 1. The highest BCUT2D eigenvalue weighted by atomic mass is 79.9. The molecule has 0 amide bonds. The van der Waals surface area contributed by atoms with Crippen molar-refractivity contribution in [3.8, 4) is 0 Å². The third-order valence-electron chi connectivity index (χ3n) is 2.68. The average Bonchev–Trinajstić information content (AvgIpc) is 2.29. The molecule has 0 bridgehead atoms. The van der Waals surface area contributed by atoms with E-state index in [1.54, 1.807) is 6.20 Å². The molecule has 1 aromatic heterocycles. The van der Waals surface area contributed by atoms with Crippen molar-refractivity contribution in [2.45, 2.75) is 18.6 Å². The van der Waals surface area contributed by atoms with Crippen LogP contribution in [0.15, 0.2) is 16.7 Å². The highest BCUT2D eigenvalue weighted by molar-refractivity contribution is 9.10. The van der Waals surface area contributed by atoms with Crippen molar-refractivity contribution in [2.24, 2.45) is 0 Å². The number of halogens is 2. The van der Waals surface area contributed by atoms with Crippen LogP contribution in [0.4, 0.5) is 10.2 Å². The van der Waals surface area contributed by atoms with Crippen molar-refractivity contribution in [1.29, 1.82) is 0 Å². The molecule has 5 heteroatoms. The van der Waals surface area contributed by atoms with Crippen molar-refractivity contribution in [3.05, 3.63) is 22.6 Å². The molecule has 0 aromatic carbocycles. The molecule has 1 aromatic rings. The smallest absolute Gasteiger partial charge is 0.166 e. The molecule has 1 aliphatic heterocycles. The summed E-state index contributed by atoms with van der Waals surface area (Å²) in [5, 5.41) is 0.596. The summed E-state index contributed by atoms with van der Waals surface area (Å²) in [5.41, 5.74) is 0. The minimum atomic E-state index is -0.240. The second-order valence-electron chi connectivity index (χ2n) is 3.81. The van der Waals surface area contributed by atoms with E-state index in [4.69, 9.17) is 0 Å². The molecule has 0 aliphatic carbocycles. The first-order valence-electron chi connectivity index (χ1n) is 5.38. The number of rotatable bonds is 2. The van der Waals surface area contributed by atoms with Gasteiger partial charge in [-0.3, -0.25) is 0 Å². The fourth-order valence-corrected chi connectivity index (χ4v) is 3.28. The van der Waals surface area contributed by atoms with Crippen LogP contribution < -0.4 is 4.90 Å². The Bertz CT molecular complexity index is 375. The Balaban J connectivity index is 2.16. The summed E-state index contributed by atoms with van der Waals surface area (Å²) >= 11 is 5.19. The predicted molar refractivity (Wildman–Crippen MR) is 70.6 cm³/mol. The van der Waals surface area contributed by atoms with Crippen LogP contribution in [0, 0.1) is 5.82 Å². The Morgan fingerprint density at radius 3 is 3.19 bits per heavy atom. The first-order chi connectivity index (χ1) is 7.70. The van der Waals surface area contributed by atoms with Gasteiger partial charge in [-0.2, -0.15) is 11.8 Å². The third-order valence-corrected chi connectivity index (χ3v) is 4.49. The fourth-order valence-electron chi connectivity index (χ4n) is 1.80. The summed E-state index contributed by atoms with van der Waals surface area (Å²) < 4.78 is 14.4. The standard InChI is InChI=1S/C11H14BrFN2S/c1-2-9-7-15(3-4-16-9)11-10(13)5-8(12)6-14-11/h5-6,9H,2-4,7H2,1H3. The molecule has 1 unspecified atom stereocenters. The highest BCUT2D eigenvalue weighted by Crippen LogP contribution is 2.27. The first kappa shape index (κ1) is 12.2. The lowest BCUT2D eigenvalue weighted by Gasteiger charge is -2.32. The van der Waals surface area contributed by atoms with Crippen molar-refractivity contribution < 1.29 is 4.39 Å². The summed E-state index contributed by atoms with van der Waals surface area (Å²) in [7, 11) is 0. The number of pyridine rings is 1. The normalized spacial score (nSPS) is 21.2. The number of thioether (sulfide) groups is 1. The van der Waals surface area contributed by atoms with Crippen LogP contribution in [0.3, 0.4) is 0 Å². The maximum atomic E-state index is 13.7. The monoisotopic (exact) mass is 304 g/mol. The lowest BCUT2D eigenvalue weighted by atomic mass is 10.3. The molecule has 0 N–H and O–H groups in total. The molecular formula is C11H14BrFN2S. The SMILES string of the molecule is CCC1CN(c2ncc(Br)cc2F)CCS1. The quantitative estimate of drug-likeness (QED) is 0.834. The highest BCUT2D eigenvalue weighted by Gasteiger charge is 2.22. The topological polar surface area (TPSA) is 16.1 Å². The van der Waals surface area contributed by atoms with Crippen LogP contribution in [0.1, 0.15) is 13.3 Å². The molecule has 1 fully saturated rings. The van der Waals surface area contributed by atoms with Gasteiger partial charge in [0.05, 0.1) is 0 Å². The lowest BCUT2D eigenvalue weighted by Crippen LogP contribution is -2.38. The van der Waals surface area contributed by atoms with E-state index in [1.165, 1.54) is 6.07 Å². The van der Waals surface area contributed by atoms with Crippen LogP contribution in [0.2, 0.25) is 0 Å². The zero-order valence-corrected chi connectivity index (χ0v) is 11.5. The van der Waals surface area contributed by atoms with Crippen molar-refractivity contribution in [3.63, 3.8) is 0 Å². The van der Waals surface area contributed by atoms with Crippen molar-refractivity contribution in [2.75, 3.05) is 23.7 Å². The van der Waals surface area contributed by atoms with Gasteiger partial charge in [0.2, 0.25) is 0 Å². The third kappa shape index (κ3) is 2.69. The molecule has 0 spiro atoms. The van der Waals surface area contributed by atoms with Crippen LogP contribution in [-0.4, -0.2) is 29.1 Å². The van der Waals surface area contributed by atoms with E-state index in [0.29, 0.717) is 15.5 Å². The van der Waals surface area contributed by atoms with Gasteiger partial charge in [-0.1, -0.05) is 6.92 Å². The molecule has 2 rings (SSSR count). The van der Waals surface area contributed by atoms with Gasteiger partial charge >= 0.3 is 0 Å². The van der Waals surface area contributed by atoms with Crippen molar-refractivity contribution in [1.82, 2.24) is 4.98 Å².